The van der Waals surface area contributed by atoms with E-state index in [9.17, 15) is 4.79 Å². The maximum Gasteiger partial charge on any atom is 0.341 e. The fourth-order valence-corrected chi connectivity index (χ4v) is 2.23. The normalized spacial score (nSPS) is 11.2. The number of nitrogens with one attached hydrogen (secondary N) is 1. The van der Waals surface area contributed by atoms with Crippen molar-refractivity contribution in [3.8, 4) is 5.75 Å². The van der Waals surface area contributed by atoms with Crippen LogP contribution >= 0.6 is 23.2 Å². The quantitative estimate of drug-likeness (QED) is 0.551. The van der Waals surface area contributed by atoms with E-state index in [-0.39, 0.29) is 6.61 Å². The molecule has 0 unspecified atom stereocenters. The molecular formula is C17H16Cl2N2O3. The van der Waals surface area contributed by atoms with E-state index in [2.05, 4.69) is 10.5 Å². The number of benzene rings is 2. The van der Waals surface area contributed by atoms with Crippen molar-refractivity contribution in [3.05, 3.63) is 58.1 Å². The summed E-state index contributed by atoms with van der Waals surface area (Å²) in [4.78, 5) is 10.5. The summed E-state index contributed by atoms with van der Waals surface area (Å²) in [5.41, 5.74) is 5.43. The van der Waals surface area contributed by atoms with Crippen LogP contribution in [0.4, 0.5) is 5.69 Å². The van der Waals surface area contributed by atoms with Crippen molar-refractivity contribution in [1.29, 1.82) is 0 Å². The Bertz CT molecular complexity index is 746. The molecule has 0 fully saturated rings. The third-order valence-electron chi connectivity index (χ3n) is 3.12. The van der Waals surface area contributed by atoms with Crippen LogP contribution in [0.3, 0.4) is 0 Å². The SMILES string of the molecule is CC/C(=N/Nc1ccc(Cl)c(Cl)c1)c1ccc(OCC(=O)O)cc1. The summed E-state index contributed by atoms with van der Waals surface area (Å²) in [5, 5.41) is 13.9. The molecule has 0 aliphatic carbocycles. The third-order valence-corrected chi connectivity index (χ3v) is 3.86. The maximum absolute atomic E-state index is 10.5. The van der Waals surface area contributed by atoms with Gasteiger partial charge in [-0.1, -0.05) is 30.1 Å². The number of rotatable bonds is 7. The van der Waals surface area contributed by atoms with Crippen molar-refractivity contribution in [2.45, 2.75) is 13.3 Å². The van der Waals surface area contributed by atoms with Crippen LogP contribution in [0.1, 0.15) is 18.9 Å². The van der Waals surface area contributed by atoms with Gasteiger partial charge in [-0.25, -0.2) is 4.79 Å². The fourth-order valence-electron chi connectivity index (χ4n) is 1.93. The average Bonchev–Trinajstić information content (AvgIpc) is 2.57. The Balaban J connectivity index is 2.09. The molecule has 126 valence electrons. The van der Waals surface area contributed by atoms with Gasteiger partial charge >= 0.3 is 5.97 Å². The second-order valence-corrected chi connectivity index (χ2v) is 5.67. The van der Waals surface area contributed by atoms with Crippen molar-refractivity contribution < 1.29 is 14.6 Å². The zero-order chi connectivity index (χ0) is 17.5. The second-order valence-electron chi connectivity index (χ2n) is 4.86. The minimum Gasteiger partial charge on any atom is -0.482 e. The van der Waals surface area contributed by atoms with E-state index < -0.39 is 5.97 Å². The van der Waals surface area contributed by atoms with E-state index in [4.69, 9.17) is 33.0 Å². The standard InChI is InChI=1S/C17H16Cl2N2O3/c1-2-16(21-20-12-5-8-14(18)15(19)9-12)11-3-6-13(7-4-11)24-10-17(22)23/h3-9,20H,2,10H2,1H3,(H,22,23)/b21-16-. The summed E-state index contributed by atoms with van der Waals surface area (Å²) in [6, 6.07) is 12.3. The zero-order valence-electron chi connectivity index (χ0n) is 12.9. The molecule has 0 atom stereocenters. The Morgan fingerprint density at radius 3 is 2.46 bits per heavy atom. The number of hydrazone groups is 1. The summed E-state index contributed by atoms with van der Waals surface area (Å²) in [6.45, 7) is 1.62. The second kappa shape index (κ2) is 8.57. The minimum absolute atomic E-state index is 0.368. The number of aliphatic carboxylic acids is 1. The molecule has 7 heteroatoms. The highest BCUT2D eigenvalue weighted by molar-refractivity contribution is 6.42. The van der Waals surface area contributed by atoms with Crippen LogP contribution < -0.4 is 10.2 Å². The number of ether oxygens (including phenoxy) is 1. The topological polar surface area (TPSA) is 70.9 Å². The first kappa shape index (κ1) is 18.1. The van der Waals surface area contributed by atoms with Crippen molar-refractivity contribution in [3.63, 3.8) is 0 Å². The molecule has 0 amide bonds. The number of carboxylic acids is 1. The molecule has 5 nitrogen and oxygen atoms in total. The van der Waals surface area contributed by atoms with Crippen LogP contribution in [0, 0.1) is 0 Å². The zero-order valence-corrected chi connectivity index (χ0v) is 14.4. The van der Waals surface area contributed by atoms with Gasteiger partial charge in [0.2, 0.25) is 0 Å². The fraction of sp³-hybridized carbons (Fsp3) is 0.176. The van der Waals surface area contributed by atoms with E-state index in [0.717, 1.165) is 17.0 Å². The van der Waals surface area contributed by atoms with Gasteiger partial charge in [0, 0.05) is 0 Å². The maximum atomic E-state index is 10.5. The van der Waals surface area contributed by atoms with Crippen LogP contribution in [0.2, 0.25) is 10.0 Å². The van der Waals surface area contributed by atoms with Crippen LogP contribution in [-0.4, -0.2) is 23.4 Å². The molecule has 0 saturated heterocycles. The smallest absolute Gasteiger partial charge is 0.341 e. The highest BCUT2D eigenvalue weighted by atomic mass is 35.5. The number of anilines is 1. The Kier molecular flexibility index (Phi) is 6.46. The number of hydrogen-bond donors (Lipinski definition) is 2. The lowest BCUT2D eigenvalue weighted by Crippen LogP contribution is -2.09. The molecular weight excluding hydrogens is 351 g/mol. The predicted molar refractivity (Wildman–Crippen MR) is 96.5 cm³/mol. The van der Waals surface area contributed by atoms with Gasteiger partial charge in [0.15, 0.2) is 6.61 Å². The predicted octanol–water partition coefficient (Wildman–Crippen LogP) is 4.68. The highest BCUT2D eigenvalue weighted by Gasteiger charge is 2.04. The largest absolute Gasteiger partial charge is 0.482 e. The van der Waals surface area contributed by atoms with Crippen LogP contribution in [0.25, 0.3) is 0 Å². The summed E-state index contributed by atoms with van der Waals surface area (Å²) in [6.07, 6.45) is 0.712. The van der Waals surface area contributed by atoms with Crippen LogP contribution in [-0.2, 0) is 4.79 Å². The molecule has 2 rings (SSSR count). The molecule has 0 bridgehead atoms. The van der Waals surface area contributed by atoms with Crippen molar-refractivity contribution in [2.24, 2.45) is 5.10 Å². The molecule has 0 radical (unpaired) electrons. The van der Waals surface area contributed by atoms with Gasteiger partial charge < -0.3 is 9.84 Å². The molecule has 24 heavy (non-hydrogen) atoms. The molecule has 0 saturated carbocycles. The van der Waals surface area contributed by atoms with Crippen LogP contribution in [0.5, 0.6) is 5.75 Å². The van der Waals surface area contributed by atoms with Gasteiger partial charge in [-0.05, 0) is 54.4 Å². The molecule has 0 aliphatic rings. The number of carbonyl (C=O) groups is 1. The molecule has 0 aliphatic heterocycles. The monoisotopic (exact) mass is 366 g/mol. The molecule has 0 heterocycles. The first-order valence-corrected chi connectivity index (χ1v) is 7.98. The Morgan fingerprint density at radius 2 is 1.88 bits per heavy atom. The van der Waals surface area contributed by atoms with E-state index in [1.54, 1.807) is 30.3 Å². The Morgan fingerprint density at radius 1 is 1.17 bits per heavy atom. The van der Waals surface area contributed by atoms with Crippen LogP contribution in [0.15, 0.2) is 47.6 Å². The summed E-state index contributed by atoms with van der Waals surface area (Å²) >= 11 is 11.9. The highest BCUT2D eigenvalue weighted by Crippen LogP contribution is 2.25. The van der Waals surface area contributed by atoms with Gasteiger partial charge in [0.05, 0.1) is 21.4 Å². The molecule has 2 N–H and O–H groups in total. The Labute approximate surface area is 149 Å². The summed E-state index contributed by atoms with van der Waals surface area (Å²) in [7, 11) is 0. The van der Waals surface area contributed by atoms with E-state index >= 15 is 0 Å². The van der Waals surface area contributed by atoms with Crippen molar-refractivity contribution in [1.82, 2.24) is 0 Å². The van der Waals surface area contributed by atoms with Gasteiger partial charge in [-0.15, -0.1) is 0 Å². The lowest BCUT2D eigenvalue weighted by molar-refractivity contribution is -0.139. The van der Waals surface area contributed by atoms with Gasteiger partial charge in [0.25, 0.3) is 0 Å². The average molecular weight is 367 g/mol. The molecule has 0 aromatic heterocycles. The number of halogens is 2. The van der Waals surface area contributed by atoms with E-state index in [1.165, 1.54) is 0 Å². The van der Waals surface area contributed by atoms with E-state index in [0.29, 0.717) is 22.2 Å². The van der Waals surface area contributed by atoms with Gasteiger partial charge in [-0.2, -0.15) is 5.10 Å². The minimum atomic E-state index is -1.01. The number of hydrogen-bond acceptors (Lipinski definition) is 4. The van der Waals surface area contributed by atoms with Crippen molar-refractivity contribution in [2.75, 3.05) is 12.0 Å². The molecule has 2 aromatic rings. The van der Waals surface area contributed by atoms with Gasteiger partial charge in [-0.3, -0.25) is 5.43 Å². The number of nitrogens with zero attached hydrogens (tertiary/aromatic N) is 1. The Hall–Kier alpha value is -2.24. The lowest BCUT2D eigenvalue weighted by atomic mass is 10.1. The van der Waals surface area contributed by atoms with E-state index in [1.807, 2.05) is 19.1 Å². The summed E-state index contributed by atoms with van der Waals surface area (Å²) < 4.78 is 5.11. The summed E-state index contributed by atoms with van der Waals surface area (Å²) in [5.74, 6) is -0.519. The first-order chi connectivity index (χ1) is 11.5. The van der Waals surface area contributed by atoms with Crippen molar-refractivity contribution >= 4 is 40.6 Å². The molecule has 2 aromatic carbocycles. The van der Waals surface area contributed by atoms with Gasteiger partial charge in [0.1, 0.15) is 5.75 Å². The third kappa shape index (κ3) is 5.15. The first-order valence-electron chi connectivity index (χ1n) is 7.22. The molecule has 0 spiro atoms. The lowest BCUT2D eigenvalue weighted by Gasteiger charge is -2.08. The number of carboxylic acid groups (broad SMARTS) is 1.